The highest BCUT2D eigenvalue weighted by molar-refractivity contribution is 6.04. The van der Waals surface area contributed by atoms with Crippen LogP contribution in [0.4, 0.5) is 11.5 Å². The van der Waals surface area contributed by atoms with Gasteiger partial charge in [-0.05, 0) is 71.0 Å². The van der Waals surface area contributed by atoms with Crippen molar-refractivity contribution in [3.8, 4) is 0 Å². The van der Waals surface area contributed by atoms with Crippen molar-refractivity contribution in [3.05, 3.63) is 53.7 Å². The number of anilines is 2. The minimum absolute atomic E-state index is 0.142. The molecular formula is C21H28N4O2. The average Bonchev–Trinajstić information content (AvgIpc) is 2.62. The number of nitrogens with one attached hydrogen (secondary N) is 2. The second-order valence-corrected chi connectivity index (χ2v) is 7.31. The van der Waals surface area contributed by atoms with E-state index in [0.29, 0.717) is 16.8 Å². The molecule has 0 saturated carbocycles. The lowest BCUT2D eigenvalue weighted by atomic mass is 10.1. The van der Waals surface area contributed by atoms with Crippen molar-refractivity contribution >= 4 is 23.3 Å². The molecule has 0 saturated heterocycles. The fraction of sp³-hybridized carbons (Fsp3) is 0.381. The largest absolute Gasteiger partial charge is 0.357 e. The van der Waals surface area contributed by atoms with Gasteiger partial charge in [-0.2, -0.15) is 0 Å². The van der Waals surface area contributed by atoms with Crippen molar-refractivity contribution < 1.29 is 9.59 Å². The molecular weight excluding hydrogens is 340 g/mol. The highest BCUT2D eigenvalue weighted by Crippen LogP contribution is 2.14. The third-order valence-corrected chi connectivity index (χ3v) is 3.99. The topological polar surface area (TPSA) is 74.3 Å². The van der Waals surface area contributed by atoms with E-state index in [0.717, 1.165) is 18.9 Å². The van der Waals surface area contributed by atoms with Crippen LogP contribution in [-0.4, -0.2) is 35.4 Å². The molecule has 0 aliphatic heterocycles. The molecule has 2 N–H and O–H groups in total. The van der Waals surface area contributed by atoms with Crippen LogP contribution >= 0.6 is 0 Å². The minimum atomic E-state index is -0.297. The SMILES string of the molecule is CCN(CC)c1ccc(C(=O)Nc2ccc(C(=O)NC(C)(C)C)cc2)cn1. The highest BCUT2D eigenvalue weighted by atomic mass is 16.2. The number of nitrogens with zero attached hydrogens (tertiary/aromatic N) is 2. The lowest BCUT2D eigenvalue weighted by molar-refractivity contribution is 0.0919. The van der Waals surface area contributed by atoms with Gasteiger partial charge in [0.1, 0.15) is 5.82 Å². The van der Waals surface area contributed by atoms with Gasteiger partial charge in [-0.3, -0.25) is 9.59 Å². The number of amides is 2. The van der Waals surface area contributed by atoms with Gasteiger partial charge in [0.2, 0.25) is 0 Å². The summed E-state index contributed by atoms with van der Waals surface area (Å²) in [4.78, 5) is 31.0. The van der Waals surface area contributed by atoms with Gasteiger partial charge < -0.3 is 15.5 Å². The molecule has 0 aliphatic carbocycles. The highest BCUT2D eigenvalue weighted by Gasteiger charge is 2.15. The molecule has 27 heavy (non-hydrogen) atoms. The zero-order chi connectivity index (χ0) is 20.0. The van der Waals surface area contributed by atoms with Crippen LogP contribution in [0, 0.1) is 0 Å². The Kier molecular flexibility index (Phi) is 6.55. The van der Waals surface area contributed by atoms with Gasteiger partial charge in [0.25, 0.3) is 11.8 Å². The molecule has 0 spiro atoms. The number of benzene rings is 1. The number of hydrogen-bond acceptors (Lipinski definition) is 4. The molecule has 0 unspecified atom stereocenters. The Morgan fingerprint density at radius 1 is 0.926 bits per heavy atom. The van der Waals surface area contributed by atoms with E-state index in [2.05, 4.69) is 34.4 Å². The van der Waals surface area contributed by atoms with Crippen molar-refractivity contribution in [2.75, 3.05) is 23.3 Å². The van der Waals surface area contributed by atoms with E-state index >= 15 is 0 Å². The van der Waals surface area contributed by atoms with Crippen LogP contribution in [0.3, 0.4) is 0 Å². The van der Waals surface area contributed by atoms with Crippen molar-refractivity contribution in [3.63, 3.8) is 0 Å². The van der Waals surface area contributed by atoms with Crippen molar-refractivity contribution in [2.45, 2.75) is 40.2 Å². The molecule has 1 aromatic carbocycles. The molecule has 1 aromatic heterocycles. The number of rotatable bonds is 6. The summed E-state index contributed by atoms with van der Waals surface area (Å²) >= 11 is 0. The van der Waals surface area contributed by atoms with Gasteiger partial charge in [-0.25, -0.2) is 4.98 Å². The molecule has 0 atom stereocenters. The summed E-state index contributed by atoms with van der Waals surface area (Å²) < 4.78 is 0. The number of carbonyl (C=O) groups is 2. The van der Waals surface area contributed by atoms with E-state index in [-0.39, 0.29) is 17.4 Å². The van der Waals surface area contributed by atoms with Crippen LogP contribution in [0.2, 0.25) is 0 Å². The predicted molar refractivity (Wildman–Crippen MR) is 109 cm³/mol. The zero-order valence-corrected chi connectivity index (χ0v) is 16.7. The third-order valence-electron chi connectivity index (χ3n) is 3.99. The predicted octanol–water partition coefficient (Wildman–Crippen LogP) is 3.71. The third kappa shape index (κ3) is 5.81. The van der Waals surface area contributed by atoms with Crippen LogP contribution in [0.5, 0.6) is 0 Å². The Balaban J connectivity index is 2.02. The van der Waals surface area contributed by atoms with Crippen LogP contribution in [0.25, 0.3) is 0 Å². The van der Waals surface area contributed by atoms with Crippen LogP contribution < -0.4 is 15.5 Å². The average molecular weight is 368 g/mol. The van der Waals surface area contributed by atoms with Gasteiger partial charge in [0.15, 0.2) is 0 Å². The molecule has 6 heteroatoms. The van der Waals surface area contributed by atoms with Crippen LogP contribution in [-0.2, 0) is 0 Å². The van der Waals surface area contributed by atoms with Crippen LogP contribution in [0.1, 0.15) is 55.3 Å². The summed E-state index contributed by atoms with van der Waals surface area (Å²) in [5, 5.41) is 5.73. The van der Waals surface area contributed by atoms with E-state index < -0.39 is 0 Å². The second-order valence-electron chi connectivity index (χ2n) is 7.31. The minimum Gasteiger partial charge on any atom is -0.357 e. The van der Waals surface area contributed by atoms with E-state index in [9.17, 15) is 9.59 Å². The molecule has 144 valence electrons. The molecule has 0 aliphatic rings. The smallest absolute Gasteiger partial charge is 0.257 e. The Morgan fingerprint density at radius 2 is 1.52 bits per heavy atom. The standard InChI is InChI=1S/C21H28N4O2/c1-6-25(7-2)18-13-10-16(14-22-18)19(26)23-17-11-8-15(9-12-17)20(27)24-21(3,4)5/h8-14H,6-7H2,1-5H3,(H,23,26)(H,24,27). The number of carbonyl (C=O) groups excluding carboxylic acids is 2. The maximum atomic E-state index is 12.4. The first kappa shape index (κ1) is 20.4. The van der Waals surface area contributed by atoms with E-state index in [1.165, 1.54) is 0 Å². The Morgan fingerprint density at radius 3 is 2.00 bits per heavy atom. The van der Waals surface area contributed by atoms with E-state index in [4.69, 9.17) is 0 Å². The summed E-state index contributed by atoms with van der Waals surface area (Å²) in [6.45, 7) is 11.7. The molecule has 2 aromatic rings. The van der Waals surface area contributed by atoms with E-state index in [1.54, 1.807) is 36.5 Å². The van der Waals surface area contributed by atoms with Gasteiger partial charge in [-0.15, -0.1) is 0 Å². The number of pyridine rings is 1. The fourth-order valence-electron chi connectivity index (χ4n) is 2.58. The molecule has 0 bridgehead atoms. The first-order valence-corrected chi connectivity index (χ1v) is 9.18. The molecule has 2 amide bonds. The lowest BCUT2D eigenvalue weighted by Crippen LogP contribution is -2.40. The number of aromatic nitrogens is 1. The molecule has 2 rings (SSSR count). The van der Waals surface area contributed by atoms with Gasteiger partial charge in [0.05, 0.1) is 5.56 Å². The Hall–Kier alpha value is -2.89. The maximum absolute atomic E-state index is 12.4. The quantitative estimate of drug-likeness (QED) is 0.815. The van der Waals surface area contributed by atoms with Crippen molar-refractivity contribution in [1.29, 1.82) is 0 Å². The van der Waals surface area contributed by atoms with Crippen molar-refractivity contribution in [2.24, 2.45) is 0 Å². The first-order valence-electron chi connectivity index (χ1n) is 9.18. The Labute approximate surface area is 161 Å². The van der Waals surface area contributed by atoms with Gasteiger partial charge in [0, 0.05) is 36.1 Å². The summed E-state index contributed by atoms with van der Waals surface area (Å²) in [6, 6.07) is 10.4. The van der Waals surface area contributed by atoms with Crippen molar-refractivity contribution in [1.82, 2.24) is 10.3 Å². The Bertz CT molecular complexity index is 773. The first-order chi connectivity index (χ1) is 12.7. The van der Waals surface area contributed by atoms with Crippen LogP contribution in [0.15, 0.2) is 42.6 Å². The summed E-state index contributed by atoms with van der Waals surface area (Å²) in [7, 11) is 0. The van der Waals surface area contributed by atoms with Gasteiger partial charge in [-0.1, -0.05) is 0 Å². The summed E-state index contributed by atoms with van der Waals surface area (Å²) in [5.41, 5.74) is 1.36. The van der Waals surface area contributed by atoms with Gasteiger partial charge >= 0.3 is 0 Å². The second kappa shape index (κ2) is 8.66. The fourth-order valence-corrected chi connectivity index (χ4v) is 2.58. The summed E-state index contributed by atoms with van der Waals surface area (Å²) in [5.74, 6) is 0.475. The number of hydrogen-bond donors (Lipinski definition) is 2. The monoisotopic (exact) mass is 368 g/mol. The molecule has 1 heterocycles. The normalized spacial score (nSPS) is 11.0. The van der Waals surface area contributed by atoms with E-state index in [1.807, 2.05) is 26.8 Å². The molecule has 0 fully saturated rings. The maximum Gasteiger partial charge on any atom is 0.257 e. The molecule has 0 radical (unpaired) electrons. The molecule has 6 nitrogen and oxygen atoms in total. The lowest BCUT2D eigenvalue weighted by Gasteiger charge is -2.20. The zero-order valence-electron chi connectivity index (χ0n) is 16.7. The summed E-state index contributed by atoms with van der Waals surface area (Å²) in [6.07, 6.45) is 1.58.